The molecule has 2 aromatic carbocycles. The molecule has 1 aliphatic heterocycles. The fourth-order valence-electron chi connectivity index (χ4n) is 2.57. The minimum absolute atomic E-state index is 0.0250. The van der Waals surface area contributed by atoms with Gasteiger partial charge in [-0.05, 0) is 66.7 Å². The number of rotatable bonds is 6. The monoisotopic (exact) mass is 414 g/mol. The molecule has 0 bridgehead atoms. The standard InChI is InChI=1S/C20H18N2O6S/c1-2-28-16-9-12(3-8-15(16)24)10-17-19(26)22(20(27)29-17)11-18(25)21-13-4-6-14(23)7-5-13/h3-10,23-24H,2,11H2,1H3,(H,21,25)/b17-10-. The lowest BCUT2D eigenvalue weighted by Crippen LogP contribution is -2.36. The summed E-state index contributed by atoms with van der Waals surface area (Å²) < 4.78 is 5.31. The highest BCUT2D eigenvalue weighted by atomic mass is 32.2. The first-order valence-electron chi connectivity index (χ1n) is 8.67. The highest BCUT2D eigenvalue weighted by Gasteiger charge is 2.36. The highest BCUT2D eigenvalue weighted by molar-refractivity contribution is 8.18. The summed E-state index contributed by atoms with van der Waals surface area (Å²) >= 11 is 0.732. The number of hydrogen-bond acceptors (Lipinski definition) is 7. The van der Waals surface area contributed by atoms with Crippen LogP contribution in [0.4, 0.5) is 10.5 Å². The molecule has 0 spiro atoms. The van der Waals surface area contributed by atoms with Gasteiger partial charge >= 0.3 is 0 Å². The Morgan fingerprint density at radius 1 is 1.17 bits per heavy atom. The molecular weight excluding hydrogens is 396 g/mol. The molecule has 1 fully saturated rings. The van der Waals surface area contributed by atoms with Gasteiger partial charge in [-0.25, -0.2) is 0 Å². The molecule has 3 amide bonds. The van der Waals surface area contributed by atoms with Crippen LogP contribution < -0.4 is 10.1 Å². The Hall–Kier alpha value is -3.46. The van der Waals surface area contributed by atoms with Gasteiger partial charge in [0.25, 0.3) is 11.1 Å². The van der Waals surface area contributed by atoms with Gasteiger partial charge in [0.1, 0.15) is 12.3 Å². The molecule has 3 N–H and O–H groups in total. The average molecular weight is 414 g/mol. The summed E-state index contributed by atoms with van der Waals surface area (Å²) in [5.74, 6) is -0.813. The average Bonchev–Trinajstić information content (AvgIpc) is 2.94. The van der Waals surface area contributed by atoms with Gasteiger partial charge in [0, 0.05) is 5.69 Å². The van der Waals surface area contributed by atoms with E-state index in [2.05, 4.69) is 5.32 Å². The van der Waals surface area contributed by atoms with Crippen molar-refractivity contribution in [3.05, 3.63) is 52.9 Å². The molecule has 2 aromatic rings. The van der Waals surface area contributed by atoms with E-state index in [0.717, 1.165) is 16.7 Å². The van der Waals surface area contributed by atoms with Crippen LogP contribution in [0.25, 0.3) is 6.08 Å². The maximum absolute atomic E-state index is 12.6. The van der Waals surface area contributed by atoms with Gasteiger partial charge in [-0.2, -0.15) is 0 Å². The lowest BCUT2D eigenvalue weighted by atomic mass is 10.2. The van der Waals surface area contributed by atoms with E-state index in [4.69, 9.17) is 4.74 Å². The second-order valence-electron chi connectivity index (χ2n) is 6.02. The van der Waals surface area contributed by atoms with Crippen LogP contribution in [0.2, 0.25) is 0 Å². The Morgan fingerprint density at radius 2 is 1.90 bits per heavy atom. The largest absolute Gasteiger partial charge is 0.508 e. The van der Waals surface area contributed by atoms with E-state index in [0.29, 0.717) is 17.9 Å². The summed E-state index contributed by atoms with van der Waals surface area (Å²) in [6, 6.07) is 10.4. The zero-order valence-corrected chi connectivity index (χ0v) is 16.2. The lowest BCUT2D eigenvalue weighted by molar-refractivity contribution is -0.127. The van der Waals surface area contributed by atoms with Crippen molar-refractivity contribution in [2.24, 2.45) is 0 Å². The number of amides is 3. The molecule has 1 aliphatic rings. The predicted octanol–water partition coefficient (Wildman–Crippen LogP) is 3.17. The Labute approximate surface area is 170 Å². The van der Waals surface area contributed by atoms with Crippen molar-refractivity contribution in [2.75, 3.05) is 18.5 Å². The molecule has 150 valence electrons. The van der Waals surface area contributed by atoms with Crippen LogP contribution in [0, 0.1) is 0 Å². The number of imide groups is 1. The van der Waals surface area contributed by atoms with Crippen molar-refractivity contribution >= 4 is 40.6 Å². The number of carbonyl (C=O) groups excluding carboxylic acids is 3. The van der Waals surface area contributed by atoms with Crippen LogP contribution in [0.3, 0.4) is 0 Å². The minimum atomic E-state index is -0.577. The molecule has 9 heteroatoms. The molecule has 1 heterocycles. The Balaban J connectivity index is 1.70. The molecule has 0 aliphatic carbocycles. The third-order valence-electron chi connectivity index (χ3n) is 3.91. The molecule has 0 aromatic heterocycles. The smallest absolute Gasteiger partial charge is 0.294 e. The fraction of sp³-hybridized carbons (Fsp3) is 0.150. The van der Waals surface area contributed by atoms with Crippen LogP contribution >= 0.6 is 11.8 Å². The van der Waals surface area contributed by atoms with Crippen LogP contribution in [-0.2, 0) is 9.59 Å². The number of anilines is 1. The molecule has 3 rings (SSSR count). The van der Waals surface area contributed by atoms with E-state index in [1.807, 2.05) is 0 Å². The molecule has 0 atom stereocenters. The first-order chi connectivity index (χ1) is 13.9. The van der Waals surface area contributed by atoms with Gasteiger partial charge in [0.2, 0.25) is 5.91 Å². The molecule has 1 saturated heterocycles. The summed E-state index contributed by atoms with van der Waals surface area (Å²) in [6.07, 6.45) is 1.50. The summed E-state index contributed by atoms with van der Waals surface area (Å²) in [7, 11) is 0. The van der Waals surface area contributed by atoms with Crippen LogP contribution in [0.5, 0.6) is 17.2 Å². The number of benzene rings is 2. The Bertz CT molecular complexity index is 987. The van der Waals surface area contributed by atoms with Crippen molar-refractivity contribution in [1.29, 1.82) is 0 Å². The summed E-state index contributed by atoms with van der Waals surface area (Å²) in [5, 5.41) is 21.0. The van der Waals surface area contributed by atoms with Crippen molar-refractivity contribution in [1.82, 2.24) is 4.90 Å². The number of phenols is 2. The van der Waals surface area contributed by atoms with Gasteiger partial charge in [-0.1, -0.05) is 6.07 Å². The number of thioether (sulfide) groups is 1. The van der Waals surface area contributed by atoms with Crippen LogP contribution in [0.15, 0.2) is 47.4 Å². The summed E-state index contributed by atoms with van der Waals surface area (Å²) in [6.45, 7) is 1.72. The number of aromatic hydroxyl groups is 2. The molecule has 8 nitrogen and oxygen atoms in total. The van der Waals surface area contributed by atoms with E-state index in [-0.39, 0.29) is 22.2 Å². The summed E-state index contributed by atoms with van der Waals surface area (Å²) in [5.41, 5.74) is 1.01. The SMILES string of the molecule is CCOc1cc(/C=C2\SC(=O)N(CC(=O)Nc3ccc(O)cc3)C2=O)ccc1O. The molecule has 29 heavy (non-hydrogen) atoms. The zero-order valence-electron chi connectivity index (χ0n) is 15.4. The van der Waals surface area contributed by atoms with Crippen LogP contribution in [0.1, 0.15) is 12.5 Å². The lowest BCUT2D eigenvalue weighted by Gasteiger charge is -2.12. The fourth-order valence-corrected chi connectivity index (χ4v) is 3.41. The molecular formula is C20H18N2O6S. The highest BCUT2D eigenvalue weighted by Crippen LogP contribution is 2.34. The maximum atomic E-state index is 12.6. The molecule has 0 unspecified atom stereocenters. The van der Waals surface area contributed by atoms with Crippen molar-refractivity contribution < 1.29 is 29.3 Å². The number of nitrogens with one attached hydrogen (secondary N) is 1. The molecule has 0 radical (unpaired) electrons. The first kappa shape index (κ1) is 20.3. The number of phenolic OH excluding ortho intramolecular Hbond substituents is 2. The Morgan fingerprint density at radius 3 is 2.59 bits per heavy atom. The van der Waals surface area contributed by atoms with Gasteiger partial charge < -0.3 is 20.3 Å². The van der Waals surface area contributed by atoms with Crippen molar-refractivity contribution in [2.45, 2.75) is 6.92 Å². The van der Waals surface area contributed by atoms with E-state index in [1.54, 1.807) is 19.1 Å². The van der Waals surface area contributed by atoms with E-state index in [9.17, 15) is 24.6 Å². The second kappa shape index (κ2) is 8.70. The van der Waals surface area contributed by atoms with Gasteiger partial charge in [0.05, 0.1) is 11.5 Å². The molecule has 0 saturated carbocycles. The van der Waals surface area contributed by atoms with Crippen molar-refractivity contribution in [3.63, 3.8) is 0 Å². The maximum Gasteiger partial charge on any atom is 0.294 e. The zero-order chi connectivity index (χ0) is 21.0. The van der Waals surface area contributed by atoms with Gasteiger partial charge in [0.15, 0.2) is 11.5 Å². The van der Waals surface area contributed by atoms with E-state index < -0.39 is 23.6 Å². The van der Waals surface area contributed by atoms with E-state index >= 15 is 0 Å². The third kappa shape index (κ3) is 4.88. The van der Waals surface area contributed by atoms with E-state index in [1.165, 1.54) is 36.4 Å². The van der Waals surface area contributed by atoms with Crippen LogP contribution in [-0.4, -0.2) is 45.3 Å². The number of carbonyl (C=O) groups is 3. The predicted molar refractivity (Wildman–Crippen MR) is 109 cm³/mol. The number of hydrogen-bond donors (Lipinski definition) is 3. The van der Waals surface area contributed by atoms with Gasteiger partial charge in [-0.3, -0.25) is 19.3 Å². The number of nitrogens with zero attached hydrogens (tertiary/aromatic N) is 1. The summed E-state index contributed by atoms with van der Waals surface area (Å²) in [4.78, 5) is 37.9. The van der Waals surface area contributed by atoms with Crippen molar-refractivity contribution in [3.8, 4) is 17.2 Å². The normalized spacial score (nSPS) is 15.1. The second-order valence-corrected chi connectivity index (χ2v) is 7.02. The first-order valence-corrected chi connectivity index (χ1v) is 9.49. The third-order valence-corrected chi connectivity index (χ3v) is 4.82. The minimum Gasteiger partial charge on any atom is -0.508 e. The van der Waals surface area contributed by atoms with Gasteiger partial charge in [-0.15, -0.1) is 0 Å². The quantitative estimate of drug-likeness (QED) is 0.491. The number of ether oxygens (including phenoxy) is 1. The topological polar surface area (TPSA) is 116 Å². The Kier molecular flexibility index (Phi) is 6.08.